The molecule has 3 aliphatic heterocycles. The molecule has 2 aromatic rings. The van der Waals surface area contributed by atoms with Crippen LogP contribution in [0.5, 0.6) is 0 Å². The van der Waals surface area contributed by atoms with E-state index in [2.05, 4.69) is 0 Å². The first-order chi connectivity index (χ1) is 15.1. The first kappa shape index (κ1) is 20.7. The molecule has 2 aromatic carbocycles. The Bertz CT molecular complexity index is 950. The summed E-state index contributed by atoms with van der Waals surface area (Å²) in [5.74, 6) is -0.136. The second-order valence-electron chi connectivity index (χ2n) is 7.68. The number of carbonyl (C=O) groups is 2. The fourth-order valence-electron chi connectivity index (χ4n) is 4.41. The van der Waals surface area contributed by atoms with Crippen LogP contribution in [0.15, 0.2) is 54.6 Å². The summed E-state index contributed by atoms with van der Waals surface area (Å²) in [5.41, 5.74) is 0.939. The highest BCUT2D eigenvalue weighted by atomic mass is 32.2. The van der Waals surface area contributed by atoms with E-state index in [1.807, 2.05) is 37.3 Å². The minimum absolute atomic E-state index is 0.247. The maximum Gasteiger partial charge on any atom is 0.262 e. The van der Waals surface area contributed by atoms with Gasteiger partial charge in [-0.05, 0) is 17.9 Å². The van der Waals surface area contributed by atoms with Gasteiger partial charge in [0.2, 0.25) is 0 Å². The number of nitrogens with zero attached hydrogens (tertiary/aromatic N) is 1. The number of amides is 2. The third-order valence-corrected chi connectivity index (χ3v) is 6.91. The number of carbonyl (C=O) groups excluding carboxylic acids is 2. The Hall–Kier alpha value is -2.23. The standard InChI is InChI=1S/C23H23NO6S/c1-2-31-23-17(24-20(26)14-10-6-7-11-15(14)21(24)27)18(25)19-16(29-23)12-28-22(30-19)13-8-4-3-5-9-13/h3-11,16-19,22-23,25H,2,12H2,1H3/t16?,17?,18-,19+,22?,23+/m1/s1. The number of aliphatic hydroxyl groups excluding tert-OH is 1. The Morgan fingerprint density at radius 2 is 1.65 bits per heavy atom. The number of hydrogen-bond donors (Lipinski definition) is 1. The van der Waals surface area contributed by atoms with Crippen LogP contribution in [-0.2, 0) is 14.2 Å². The van der Waals surface area contributed by atoms with E-state index in [9.17, 15) is 14.7 Å². The molecule has 5 rings (SSSR count). The summed E-state index contributed by atoms with van der Waals surface area (Å²) in [4.78, 5) is 27.4. The van der Waals surface area contributed by atoms with E-state index in [4.69, 9.17) is 14.2 Å². The van der Waals surface area contributed by atoms with Crippen LogP contribution in [-0.4, -0.2) is 64.0 Å². The van der Waals surface area contributed by atoms with Crippen LogP contribution in [0, 0.1) is 0 Å². The van der Waals surface area contributed by atoms with Gasteiger partial charge in [0.25, 0.3) is 11.8 Å². The van der Waals surface area contributed by atoms with Crippen molar-refractivity contribution in [3.8, 4) is 0 Å². The lowest BCUT2D eigenvalue weighted by Gasteiger charge is -2.49. The Balaban J connectivity index is 1.45. The number of rotatable bonds is 4. The molecule has 6 atom stereocenters. The highest BCUT2D eigenvalue weighted by molar-refractivity contribution is 7.99. The van der Waals surface area contributed by atoms with Gasteiger partial charge in [-0.15, -0.1) is 11.8 Å². The summed E-state index contributed by atoms with van der Waals surface area (Å²) in [6, 6.07) is 15.3. The van der Waals surface area contributed by atoms with Crippen LogP contribution in [0.2, 0.25) is 0 Å². The van der Waals surface area contributed by atoms with E-state index in [1.165, 1.54) is 11.8 Å². The number of aliphatic hydroxyl groups is 1. The summed E-state index contributed by atoms with van der Waals surface area (Å²) < 4.78 is 18.2. The van der Waals surface area contributed by atoms with Crippen LogP contribution in [0.1, 0.15) is 39.5 Å². The van der Waals surface area contributed by atoms with Gasteiger partial charge in [-0.3, -0.25) is 14.5 Å². The second-order valence-corrected chi connectivity index (χ2v) is 9.06. The van der Waals surface area contributed by atoms with Gasteiger partial charge in [0.05, 0.1) is 17.7 Å². The number of benzene rings is 2. The lowest BCUT2D eigenvalue weighted by Crippen LogP contribution is -2.66. The van der Waals surface area contributed by atoms with Crippen molar-refractivity contribution in [2.24, 2.45) is 0 Å². The summed E-state index contributed by atoms with van der Waals surface area (Å²) in [5, 5.41) is 11.4. The molecule has 31 heavy (non-hydrogen) atoms. The molecular formula is C23H23NO6S. The van der Waals surface area contributed by atoms with Gasteiger partial charge in [-0.25, -0.2) is 0 Å². The Kier molecular flexibility index (Phi) is 5.58. The van der Waals surface area contributed by atoms with Gasteiger partial charge in [0.1, 0.15) is 29.8 Å². The molecule has 3 unspecified atom stereocenters. The lowest BCUT2D eigenvalue weighted by molar-refractivity contribution is -0.310. The molecule has 0 aliphatic carbocycles. The van der Waals surface area contributed by atoms with E-state index in [0.29, 0.717) is 16.9 Å². The summed E-state index contributed by atoms with van der Waals surface area (Å²) in [7, 11) is 0. The van der Waals surface area contributed by atoms with E-state index >= 15 is 0 Å². The normalized spacial score (nSPS) is 32.6. The molecule has 1 N–H and O–H groups in total. The van der Waals surface area contributed by atoms with Crippen LogP contribution in [0.4, 0.5) is 0 Å². The SMILES string of the molecule is CCS[C@@H]1OC2COC(c3ccccc3)O[C@@H]2[C@H](O)C1N1C(=O)c2ccccc2C1=O. The highest BCUT2D eigenvalue weighted by Gasteiger charge is 2.55. The largest absolute Gasteiger partial charge is 0.388 e. The topological polar surface area (TPSA) is 85.3 Å². The van der Waals surface area contributed by atoms with Crippen molar-refractivity contribution >= 4 is 23.6 Å². The molecular weight excluding hydrogens is 418 g/mol. The van der Waals surface area contributed by atoms with Gasteiger partial charge in [0.15, 0.2) is 6.29 Å². The van der Waals surface area contributed by atoms with Crippen molar-refractivity contribution in [3.63, 3.8) is 0 Å². The van der Waals surface area contributed by atoms with Gasteiger partial charge < -0.3 is 19.3 Å². The zero-order valence-corrected chi connectivity index (χ0v) is 17.7. The van der Waals surface area contributed by atoms with Crippen molar-refractivity contribution in [1.82, 2.24) is 4.90 Å². The smallest absolute Gasteiger partial charge is 0.262 e. The van der Waals surface area contributed by atoms with Crippen molar-refractivity contribution < 1.29 is 28.9 Å². The van der Waals surface area contributed by atoms with Gasteiger partial charge in [-0.1, -0.05) is 49.4 Å². The fraction of sp³-hybridized carbons (Fsp3) is 0.391. The van der Waals surface area contributed by atoms with E-state index in [1.54, 1.807) is 24.3 Å². The average Bonchev–Trinajstić information content (AvgIpc) is 3.05. The molecule has 0 saturated carbocycles. The van der Waals surface area contributed by atoms with Crippen molar-refractivity contribution in [2.75, 3.05) is 12.4 Å². The number of imide groups is 1. The maximum absolute atomic E-state index is 13.1. The molecule has 7 nitrogen and oxygen atoms in total. The quantitative estimate of drug-likeness (QED) is 0.730. The maximum atomic E-state index is 13.1. The van der Waals surface area contributed by atoms with E-state index in [0.717, 1.165) is 10.5 Å². The van der Waals surface area contributed by atoms with Gasteiger partial charge >= 0.3 is 0 Å². The van der Waals surface area contributed by atoms with Crippen LogP contribution < -0.4 is 0 Å². The molecule has 162 valence electrons. The predicted octanol–water partition coefficient (Wildman–Crippen LogP) is 2.60. The van der Waals surface area contributed by atoms with Crippen molar-refractivity contribution in [2.45, 2.75) is 43.0 Å². The monoisotopic (exact) mass is 441 g/mol. The molecule has 0 aromatic heterocycles. The minimum Gasteiger partial charge on any atom is -0.388 e. The zero-order valence-electron chi connectivity index (χ0n) is 16.9. The molecule has 2 amide bonds. The van der Waals surface area contributed by atoms with Gasteiger partial charge in [-0.2, -0.15) is 0 Å². The fourth-order valence-corrected chi connectivity index (χ4v) is 5.44. The molecule has 3 aliphatic rings. The minimum atomic E-state index is -1.11. The molecule has 0 radical (unpaired) electrons. The van der Waals surface area contributed by atoms with E-state index in [-0.39, 0.29) is 6.61 Å². The van der Waals surface area contributed by atoms with Crippen molar-refractivity contribution in [3.05, 3.63) is 71.3 Å². The highest BCUT2D eigenvalue weighted by Crippen LogP contribution is 2.40. The Morgan fingerprint density at radius 3 is 2.29 bits per heavy atom. The zero-order chi connectivity index (χ0) is 21.5. The molecule has 0 bridgehead atoms. The Morgan fingerprint density at radius 1 is 1.00 bits per heavy atom. The summed E-state index contributed by atoms with van der Waals surface area (Å²) >= 11 is 1.45. The predicted molar refractivity (Wildman–Crippen MR) is 114 cm³/mol. The van der Waals surface area contributed by atoms with E-state index < -0.39 is 47.9 Å². The second kappa shape index (κ2) is 8.37. The first-order valence-electron chi connectivity index (χ1n) is 10.3. The third kappa shape index (κ3) is 3.48. The number of hydrogen-bond acceptors (Lipinski definition) is 7. The molecule has 2 saturated heterocycles. The lowest BCUT2D eigenvalue weighted by atomic mass is 9.95. The molecule has 3 heterocycles. The van der Waals surface area contributed by atoms with Crippen LogP contribution in [0.3, 0.4) is 0 Å². The molecule has 0 spiro atoms. The molecule has 2 fully saturated rings. The van der Waals surface area contributed by atoms with Crippen molar-refractivity contribution in [1.29, 1.82) is 0 Å². The third-order valence-electron chi connectivity index (χ3n) is 5.86. The number of fused-ring (bicyclic) bond motifs is 2. The van der Waals surface area contributed by atoms with Crippen LogP contribution >= 0.6 is 11.8 Å². The average molecular weight is 442 g/mol. The Labute approximate surface area is 184 Å². The molecule has 8 heteroatoms. The van der Waals surface area contributed by atoms with Gasteiger partial charge in [0, 0.05) is 5.56 Å². The first-order valence-corrected chi connectivity index (χ1v) is 11.4. The number of ether oxygens (including phenoxy) is 3. The van der Waals surface area contributed by atoms with Crippen LogP contribution in [0.25, 0.3) is 0 Å². The number of thioether (sulfide) groups is 1. The summed E-state index contributed by atoms with van der Waals surface area (Å²) in [6.07, 6.45) is -2.99. The summed E-state index contributed by atoms with van der Waals surface area (Å²) in [6.45, 7) is 2.21.